The number of hydrogen-bond donors (Lipinski definition) is 2. The number of para-hydroxylation sites is 2. The summed E-state index contributed by atoms with van der Waals surface area (Å²) in [7, 11) is 0. The van der Waals surface area contributed by atoms with Gasteiger partial charge in [0, 0.05) is 29.2 Å². The van der Waals surface area contributed by atoms with Crippen molar-refractivity contribution < 1.29 is 0 Å². The topological polar surface area (TPSA) is 27.3 Å². The Bertz CT molecular complexity index is 632. The quantitative estimate of drug-likeness (QED) is 0.756. The third-order valence-corrected chi connectivity index (χ3v) is 4.38. The molecule has 1 aliphatic carbocycles. The lowest BCUT2D eigenvalue weighted by molar-refractivity contribution is 0.425. The van der Waals surface area contributed by atoms with E-state index >= 15 is 0 Å². The normalized spacial score (nSPS) is 27.1. The minimum absolute atomic E-state index is 0.245. The third kappa shape index (κ3) is 1.39. The Morgan fingerprint density at radius 2 is 2.16 bits per heavy atom. The van der Waals surface area contributed by atoms with Gasteiger partial charge in [-0.2, -0.15) is 0 Å². The van der Waals surface area contributed by atoms with Crippen molar-refractivity contribution in [2.24, 2.45) is 0 Å². The summed E-state index contributed by atoms with van der Waals surface area (Å²) in [5.41, 5.74) is 3.12. The van der Waals surface area contributed by atoms with E-state index in [0.29, 0.717) is 0 Å². The van der Waals surface area contributed by atoms with Gasteiger partial charge >= 0.3 is 0 Å². The lowest BCUT2D eigenvalue weighted by atomic mass is 9.88. The Morgan fingerprint density at radius 3 is 3.11 bits per heavy atom. The third-order valence-electron chi connectivity index (χ3n) is 4.03. The zero-order valence-corrected chi connectivity index (χ0v) is 11.1. The van der Waals surface area contributed by atoms with Crippen LogP contribution in [-0.2, 0) is 0 Å². The van der Waals surface area contributed by atoms with Crippen LogP contribution in [0.5, 0.6) is 0 Å². The van der Waals surface area contributed by atoms with Crippen molar-refractivity contribution in [2.75, 3.05) is 10.2 Å². The number of allylic oxidation sites excluding steroid dienone is 1. The number of anilines is 2. The van der Waals surface area contributed by atoms with E-state index in [1.807, 2.05) is 18.5 Å². The number of benzene rings is 1. The molecule has 1 aromatic carbocycles. The predicted octanol–water partition coefficient (Wildman–Crippen LogP) is 3.49. The molecular formula is C15H14ClN3. The van der Waals surface area contributed by atoms with E-state index in [1.165, 1.54) is 5.69 Å². The van der Waals surface area contributed by atoms with Crippen LogP contribution in [0.3, 0.4) is 0 Å². The maximum Gasteiger partial charge on any atom is 0.143 e. The first-order valence-corrected chi connectivity index (χ1v) is 6.85. The molecule has 2 heterocycles. The molecule has 4 heteroatoms. The van der Waals surface area contributed by atoms with Crippen LogP contribution in [0, 0.1) is 0 Å². The highest BCUT2D eigenvalue weighted by Gasteiger charge is 2.45. The summed E-state index contributed by atoms with van der Waals surface area (Å²) in [6.45, 7) is 0. The first-order valence-electron chi connectivity index (χ1n) is 6.47. The second kappa shape index (κ2) is 3.81. The van der Waals surface area contributed by atoms with Gasteiger partial charge < -0.3 is 15.5 Å². The van der Waals surface area contributed by atoms with Gasteiger partial charge in [-0.25, -0.2) is 0 Å². The van der Waals surface area contributed by atoms with E-state index in [0.717, 1.165) is 29.1 Å². The number of rotatable bonds is 0. The molecule has 1 aromatic rings. The van der Waals surface area contributed by atoms with Crippen LogP contribution >= 0.6 is 11.6 Å². The molecule has 0 amide bonds. The maximum atomic E-state index is 6.43. The van der Waals surface area contributed by atoms with Gasteiger partial charge in [-0.05, 0) is 25.0 Å². The molecule has 4 rings (SSSR count). The summed E-state index contributed by atoms with van der Waals surface area (Å²) in [5, 5.41) is 7.70. The Morgan fingerprint density at radius 1 is 1.26 bits per heavy atom. The molecule has 3 nitrogen and oxygen atoms in total. The smallest absolute Gasteiger partial charge is 0.143 e. The molecule has 1 atom stereocenters. The molecule has 3 aliphatic rings. The molecule has 1 spiro atoms. The Kier molecular flexibility index (Phi) is 2.21. The number of hydrogen-bond acceptors (Lipinski definition) is 3. The lowest BCUT2D eigenvalue weighted by Crippen LogP contribution is -2.54. The summed E-state index contributed by atoms with van der Waals surface area (Å²) >= 11 is 6.43. The molecule has 1 unspecified atom stereocenters. The molecule has 0 aromatic heterocycles. The predicted molar refractivity (Wildman–Crippen MR) is 78.8 cm³/mol. The molecule has 0 saturated heterocycles. The highest BCUT2D eigenvalue weighted by Crippen LogP contribution is 2.46. The molecule has 2 aliphatic heterocycles. The van der Waals surface area contributed by atoms with Crippen LogP contribution in [0.4, 0.5) is 11.4 Å². The van der Waals surface area contributed by atoms with Crippen LogP contribution in [-0.4, -0.2) is 5.66 Å². The molecule has 0 fully saturated rings. The van der Waals surface area contributed by atoms with Gasteiger partial charge in [0.15, 0.2) is 0 Å². The SMILES string of the molecule is ClC1=CCCC23NC=CN2c2ccccc2NC=C13. The van der Waals surface area contributed by atoms with Crippen LogP contribution in [0.2, 0.25) is 0 Å². The van der Waals surface area contributed by atoms with Gasteiger partial charge in [0.1, 0.15) is 5.66 Å². The van der Waals surface area contributed by atoms with Crippen LogP contribution < -0.4 is 15.5 Å². The second-order valence-electron chi connectivity index (χ2n) is 5.00. The summed E-state index contributed by atoms with van der Waals surface area (Å²) in [6.07, 6.45) is 10.2. The fourth-order valence-corrected chi connectivity index (χ4v) is 3.45. The number of halogens is 1. The van der Waals surface area contributed by atoms with E-state index in [4.69, 9.17) is 11.6 Å². The first kappa shape index (κ1) is 11.0. The van der Waals surface area contributed by atoms with Gasteiger partial charge in [-0.3, -0.25) is 0 Å². The van der Waals surface area contributed by atoms with Gasteiger partial charge in [0.25, 0.3) is 0 Å². The minimum atomic E-state index is -0.245. The van der Waals surface area contributed by atoms with E-state index in [2.05, 4.69) is 46.0 Å². The summed E-state index contributed by atoms with van der Waals surface area (Å²) in [5.74, 6) is 0. The summed E-state index contributed by atoms with van der Waals surface area (Å²) in [4.78, 5) is 2.28. The average Bonchev–Trinajstić information content (AvgIpc) is 2.77. The number of fused-ring (bicyclic) bond motifs is 2. The Hall–Kier alpha value is -1.87. The molecule has 96 valence electrons. The maximum absolute atomic E-state index is 6.43. The highest BCUT2D eigenvalue weighted by atomic mass is 35.5. The Balaban J connectivity index is 1.95. The lowest BCUT2D eigenvalue weighted by Gasteiger charge is -2.42. The van der Waals surface area contributed by atoms with Crippen molar-refractivity contribution in [3.63, 3.8) is 0 Å². The summed E-state index contributed by atoms with van der Waals surface area (Å²) in [6, 6.07) is 8.31. The van der Waals surface area contributed by atoms with Crippen LogP contribution in [0.25, 0.3) is 0 Å². The number of nitrogens with one attached hydrogen (secondary N) is 2. The molecule has 0 bridgehead atoms. The molecule has 0 saturated carbocycles. The van der Waals surface area contributed by atoms with Gasteiger partial charge in [-0.1, -0.05) is 29.8 Å². The largest absolute Gasteiger partial charge is 0.363 e. The molecule has 19 heavy (non-hydrogen) atoms. The fraction of sp³-hybridized carbons (Fsp3) is 0.200. The minimum Gasteiger partial charge on any atom is -0.363 e. The van der Waals surface area contributed by atoms with E-state index in [-0.39, 0.29) is 5.66 Å². The first-order chi connectivity index (χ1) is 9.31. The zero-order valence-electron chi connectivity index (χ0n) is 10.4. The number of nitrogens with zero attached hydrogens (tertiary/aromatic N) is 1. The standard InChI is InChI=1S/C15H14ClN3/c16-12-4-3-7-15-11(12)10-17-13-5-1-2-6-14(13)19(15)9-8-18-15/h1-2,4-6,8-10,17-18H,3,7H2. The van der Waals surface area contributed by atoms with Crippen molar-refractivity contribution in [1.82, 2.24) is 5.32 Å². The van der Waals surface area contributed by atoms with Crippen LogP contribution in [0.1, 0.15) is 12.8 Å². The Labute approximate surface area is 117 Å². The van der Waals surface area contributed by atoms with Crippen molar-refractivity contribution in [1.29, 1.82) is 0 Å². The van der Waals surface area contributed by atoms with Crippen molar-refractivity contribution >= 4 is 23.0 Å². The van der Waals surface area contributed by atoms with E-state index in [9.17, 15) is 0 Å². The van der Waals surface area contributed by atoms with E-state index < -0.39 is 0 Å². The molecule has 0 radical (unpaired) electrons. The van der Waals surface area contributed by atoms with Crippen molar-refractivity contribution in [2.45, 2.75) is 18.5 Å². The van der Waals surface area contributed by atoms with Gasteiger partial charge in [-0.15, -0.1) is 0 Å². The second-order valence-corrected chi connectivity index (χ2v) is 5.41. The average molecular weight is 272 g/mol. The van der Waals surface area contributed by atoms with Gasteiger partial charge in [0.05, 0.1) is 11.4 Å². The van der Waals surface area contributed by atoms with Crippen LogP contribution in [0.15, 0.2) is 59.5 Å². The van der Waals surface area contributed by atoms with Crippen molar-refractivity contribution in [3.8, 4) is 0 Å². The highest BCUT2D eigenvalue weighted by molar-refractivity contribution is 6.32. The fourth-order valence-electron chi connectivity index (χ4n) is 3.13. The molecule has 2 N–H and O–H groups in total. The monoisotopic (exact) mass is 271 g/mol. The summed E-state index contributed by atoms with van der Waals surface area (Å²) < 4.78 is 0. The zero-order chi connectivity index (χ0) is 12.9. The van der Waals surface area contributed by atoms with E-state index in [1.54, 1.807) is 0 Å². The van der Waals surface area contributed by atoms with Gasteiger partial charge in [0.2, 0.25) is 0 Å². The van der Waals surface area contributed by atoms with Crippen molar-refractivity contribution in [3.05, 3.63) is 59.5 Å². The molecular weight excluding hydrogens is 258 g/mol.